The molecule has 222 valence electrons. The van der Waals surface area contributed by atoms with Crippen molar-refractivity contribution < 1.29 is 28.0 Å². The topological polar surface area (TPSA) is 148 Å². The van der Waals surface area contributed by atoms with Gasteiger partial charge in [0.25, 0.3) is 23.4 Å². The van der Waals surface area contributed by atoms with Crippen LogP contribution in [0, 0.1) is 11.6 Å². The first kappa shape index (κ1) is 30.5. The summed E-state index contributed by atoms with van der Waals surface area (Å²) in [5.41, 5.74) is 0.698. The highest BCUT2D eigenvalue weighted by Gasteiger charge is 2.21. The minimum Gasteiger partial charge on any atom is -0.358 e. The molecule has 42 heavy (non-hydrogen) atoms. The van der Waals surface area contributed by atoms with E-state index in [1.807, 2.05) is 0 Å². The van der Waals surface area contributed by atoms with Gasteiger partial charge in [-0.05, 0) is 64.0 Å². The van der Waals surface area contributed by atoms with Gasteiger partial charge >= 0.3 is 0 Å². The Bertz CT molecular complexity index is 1450. The smallest absolute Gasteiger partial charge is 0.292 e. The van der Waals surface area contributed by atoms with Gasteiger partial charge in [0, 0.05) is 36.3 Å². The van der Waals surface area contributed by atoms with Crippen LogP contribution in [0.3, 0.4) is 0 Å². The molecule has 0 saturated heterocycles. The molecule has 12 heteroatoms. The maximum absolute atomic E-state index is 13.8. The maximum Gasteiger partial charge on any atom is 0.292 e. The number of aromatic amines is 2. The number of aromatic nitrogens is 2. The van der Waals surface area contributed by atoms with Crippen molar-refractivity contribution in [2.24, 2.45) is 0 Å². The molecule has 0 fully saturated rings. The van der Waals surface area contributed by atoms with E-state index in [1.54, 1.807) is 12.1 Å². The predicted molar refractivity (Wildman–Crippen MR) is 155 cm³/mol. The number of nitrogens with one attached hydrogen (secondary N) is 6. The van der Waals surface area contributed by atoms with E-state index in [4.69, 9.17) is 0 Å². The Morgan fingerprint density at radius 2 is 0.976 bits per heavy atom. The van der Waals surface area contributed by atoms with Gasteiger partial charge in [-0.1, -0.05) is 24.3 Å². The monoisotopic (exact) mass is 580 g/mol. The summed E-state index contributed by atoms with van der Waals surface area (Å²) in [4.78, 5) is 54.6. The lowest BCUT2D eigenvalue weighted by Crippen LogP contribution is -2.33. The van der Waals surface area contributed by atoms with E-state index >= 15 is 0 Å². The van der Waals surface area contributed by atoms with Gasteiger partial charge in [-0.15, -0.1) is 0 Å². The number of amides is 2. The number of unbranched alkanes of at least 4 members (excludes halogenated alkanes) is 1. The minimum absolute atomic E-state index is 0.147. The predicted octanol–water partition coefficient (Wildman–Crippen LogP) is 2.97. The molecule has 2 amide bonds. The molecule has 6 N–H and O–H groups in total. The highest BCUT2D eigenvalue weighted by molar-refractivity contribution is 6.45. The number of hydrogen-bond acceptors (Lipinski definition) is 6. The van der Waals surface area contributed by atoms with Crippen LogP contribution in [0.4, 0.5) is 8.78 Å². The molecule has 0 aliphatic rings. The fourth-order valence-corrected chi connectivity index (χ4v) is 4.60. The summed E-state index contributed by atoms with van der Waals surface area (Å²) in [7, 11) is 0. The van der Waals surface area contributed by atoms with E-state index in [9.17, 15) is 28.0 Å². The quantitative estimate of drug-likeness (QED) is 0.0643. The SMILES string of the molecule is O=C(NCCCNCCCCNCCCNC(=O)C(=O)c1c[nH]c2c(F)cccc12)C(=O)c1c[nH]c2c(F)cccc12. The molecule has 4 rings (SSSR count). The average molecular weight is 581 g/mol. The van der Waals surface area contributed by atoms with Crippen molar-refractivity contribution in [3.05, 3.63) is 71.6 Å². The van der Waals surface area contributed by atoms with Crippen molar-refractivity contribution in [2.75, 3.05) is 39.3 Å². The first-order valence-corrected chi connectivity index (χ1v) is 14.0. The van der Waals surface area contributed by atoms with E-state index in [-0.39, 0.29) is 22.2 Å². The zero-order valence-corrected chi connectivity index (χ0v) is 23.1. The Labute approximate surface area is 241 Å². The molecule has 0 spiro atoms. The number of carbonyl (C=O) groups is 4. The Morgan fingerprint density at radius 1 is 0.571 bits per heavy atom. The van der Waals surface area contributed by atoms with Gasteiger partial charge in [0.1, 0.15) is 11.6 Å². The van der Waals surface area contributed by atoms with Crippen LogP contribution in [-0.2, 0) is 9.59 Å². The lowest BCUT2D eigenvalue weighted by molar-refractivity contribution is -0.117. The highest BCUT2D eigenvalue weighted by Crippen LogP contribution is 2.22. The zero-order chi connectivity index (χ0) is 29.9. The normalized spacial score (nSPS) is 11.2. The summed E-state index contributed by atoms with van der Waals surface area (Å²) in [6.07, 6.45) is 5.92. The first-order chi connectivity index (χ1) is 20.4. The molecule has 2 aromatic carbocycles. The number of H-pyrrole nitrogens is 2. The summed E-state index contributed by atoms with van der Waals surface area (Å²) >= 11 is 0. The highest BCUT2D eigenvalue weighted by atomic mass is 19.1. The maximum atomic E-state index is 13.8. The Morgan fingerprint density at radius 3 is 1.40 bits per heavy atom. The first-order valence-electron chi connectivity index (χ1n) is 14.0. The number of hydrogen-bond donors (Lipinski definition) is 6. The van der Waals surface area contributed by atoms with Crippen molar-refractivity contribution in [3.8, 4) is 0 Å². The number of halogens is 2. The van der Waals surface area contributed by atoms with Gasteiger partial charge in [-0.25, -0.2) is 8.78 Å². The molecule has 0 aliphatic heterocycles. The summed E-state index contributed by atoms with van der Waals surface area (Å²) < 4.78 is 27.6. The van der Waals surface area contributed by atoms with Gasteiger partial charge < -0.3 is 31.2 Å². The number of Topliss-reactive ketones (excluding diaryl/α,β-unsaturated/α-hetero) is 2. The van der Waals surface area contributed by atoms with Crippen molar-refractivity contribution in [1.82, 2.24) is 31.2 Å². The fraction of sp³-hybridized carbons (Fsp3) is 0.333. The summed E-state index contributed by atoms with van der Waals surface area (Å²) in [6.45, 7) is 3.69. The molecule has 0 unspecified atom stereocenters. The van der Waals surface area contributed by atoms with E-state index in [2.05, 4.69) is 31.2 Å². The van der Waals surface area contributed by atoms with Crippen LogP contribution in [0.5, 0.6) is 0 Å². The number of fused-ring (bicyclic) bond motifs is 2. The molecule has 4 aromatic rings. The molecule has 10 nitrogen and oxygen atoms in total. The summed E-state index contributed by atoms with van der Waals surface area (Å²) in [6, 6.07) is 8.75. The summed E-state index contributed by atoms with van der Waals surface area (Å²) in [5, 5.41) is 12.6. The van der Waals surface area contributed by atoms with Gasteiger partial charge in [-0.3, -0.25) is 19.2 Å². The summed E-state index contributed by atoms with van der Waals surface area (Å²) in [5.74, 6) is -3.80. The average Bonchev–Trinajstić information content (AvgIpc) is 3.62. The number of carbonyl (C=O) groups excluding carboxylic acids is 4. The van der Waals surface area contributed by atoms with Crippen LogP contribution in [0.25, 0.3) is 21.8 Å². The van der Waals surface area contributed by atoms with Crippen LogP contribution in [0.2, 0.25) is 0 Å². The van der Waals surface area contributed by atoms with E-state index in [0.717, 1.165) is 25.9 Å². The van der Waals surface area contributed by atoms with Crippen molar-refractivity contribution >= 4 is 45.2 Å². The van der Waals surface area contributed by atoms with E-state index < -0.39 is 35.0 Å². The van der Waals surface area contributed by atoms with E-state index in [1.165, 1.54) is 36.7 Å². The second-order valence-corrected chi connectivity index (χ2v) is 9.81. The number of para-hydroxylation sites is 2. The van der Waals surface area contributed by atoms with Crippen molar-refractivity contribution in [1.29, 1.82) is 0 Å². The van der Waals surface area contributed by atoms with Crippen LogP contribution in [0.1, 0.15) is 46.4 Å². The Balaban J connectivity index is 0.976. The second kappa shape index (κ2) is 15.0. The minimum atomic E-state index is -0.719. The fourth-order valence-electron chi connectivity index (χ4n) is 4.60. The third-order valence-corrected chi connectivity index (χ3v) is 6.82. The standard InChI is InChI=1S/C30H34F2N6O4/c31-23-9-3-7-19-21(17-37-25(19)23)27(39)29(41)35-15-5-13-33-11-1-2-12-34-14-6-16-36-30(42)28(40)22-18-38-26-20(22)8-4-10-24(26)32/h3-4,7-10,17-18,33-34,37-38H,1-2,5-6,11-16H2,(H,35,41)(H,36,42). The second-order valence-electron chi connectivity index (χ2n) is 9.81. The van der Waals surface area contributed by atoms with Gasteiger partial charge in [0.15, 0.2) is 0 Å². The third-order valence-electron chi connectivity index (χ3n) is 6.82. The Hall–Kier alpha value is -4.42. The van der Waals surface area contributed by atoms with Gasteiger partial charge in [0.2, 0.25) is 0 Å². The molecule has 0 aliphatic carbocycles. The molecular weight excluding hydrogens is 546 g/mol. The van der Waals surface area contributed by atoms with Crippen LogP contribution in [0.15, 0.2) is 48.8 Å². The van der Waals surface area contributed by atoms with Gasteiger partial charge in [-0.2, -0.15) is 0 Å². The molecule has 0 atom stereocenters. The molecule has 0 radical (unpaired) electrons. The Kier molecular flexibility index (Phi) is 10.9. The van der Waals surface area contributed by atoms with Crippen LogP contribution < -0.4 is 21.3 Å². The number of ketones is 2. The molecule has 0 saturated carbocycles. The van der Waals surface area contributed by atoms with Crippen molar-refractivity contribution in [2.45, 2.75) is 25.7 Å². The molecule has 2 aromatic heterocycles. The van der Waals surface area contributed by atoms with Crippen LogP contribution >= 0.6 is 0 Å². The van der Waals surface area contributed by atoms with Crippen LogP contribution in [-0.4, -0.2) is 72.6 Å². The largest absolute Gasteiger partial charge is 0.358 e. The zero-order valence-electron chi connectivity index (χ0n) is 23.1. The molecule has 2 heterocycles. The lowest BCUT2D eigenvalue weighted by Gasteiger charge is -2.08. The van der Waals surface area contributed by atoms with Gasteiger partial charge in [0.05, 0.1) is 22.2 Å². The number of rotatable bonds is 17. The molecular formula is C30H34F2N6O4. The van der Waals surface area contributed by atoms with E-state index in [0.29, 0.717) is 49.8 Å². The number of benzene rings is 2. The van der Waals surface area contributed by atoms with Crippen molar-refractivity contribution in [3.63, 3.8) is 0 Å². The third kappa shape index (κ3) is 7.65. The lowest BCUT2D eigenvalue weighted by atomic mass is 10.1. The molecule has 0 bridgehead atoms.